The van der Waals surface area contributed by atoms with Crippen molar-refractivity contribution < 1.29 is 9.53 Å². The lowest BCUT2D eigenvalue weighted by atomic mass is 9.91. The van der Waals surface area contributed by atoms with E-state index in [2.05, 4.69) is 45.4 Å². The number of nitrogens with one attached hydrogen (secondary N) is 1. The van der Waals surface area contributed by atoms with E-state index >= 15 is 0 Å². The molecule has 0 aliphatic carbocycles. The van der Waals surface area contributed by atoms with E-state index in [0.29, 0.717) is 18.0 Å². The van der Waals surface area contributed by atoms with Gasteiger partial charge in [0, 0.05) is 31.5 Å². The minimum atomic E-state index is -0.0901. The van der Waals surface area contributed by atoms with E-state index < -0.39 is 0 Å². The summed E-state index contributed by atoms with van der Waals surface area (Å²) in [6, 6.07) is 12.0. The van der Waals surface area contributed by atoms with E-state index in [1.165, 1.54) is 11.1 Å². The Labute approximate surface area is 195 Å². The summed E-state index contributed by atoms with van der Waals surface area (Å²) in [6.07, 6.45) is 6.58. The molecule has 1 fully saturated rings. The van der Waals surface area contributed by atoms with Crippen LogP contribution in [0.25, 0.3) is 0 Å². The first-order chi connectivity index (χ1) is 16.0. The average Bonchev–Trinajstić information content (AvgIpc) is 3.19. The topological polar surface area (TPSA) is 72.3 Å². The number of aryl methyl sites for hydroxylation is 2. The predicted octanol–water partition coefficient (Wildman–Crippen LogP) is 3.52. The number of likely N-dealkylation sites (tertiary alicyclic amines) is 1. The zero-order valence-electron chi connectivity index (χ0n) is 19.8. The maximum Gasteiger partial charge on any atom is 0.255 e. The molecule has 7 nitrogen and oxygen atoms in total. The molecule has 0 spiro atoms. The van der Waals surface area contributed by atoms with Crippen LogP contribution in [0.2, 0.25) is 0 Å². The van der Waals surface area contributed by atoms with Gasteiger partial charge in [0.25, 0.3) is 5.91 Å². The van der Waals surface area contributed by atoms with E-state index in [-0.39, 0.29) is 5.91 Å². The summed E-state index contributed by atoms with van der Waals surface area (Å²) < 4.78 is 7.36. The quantitative estimate of drug-likeness (QED) is 0.572. The van der Waals surface area contributed by atoms with Gasteiger partial charge < -0.3 is 10.1 Å². The molecule has 1 aliphatic heterocycles. The van der Waals surface area contributed by atoms with Crippen LogP contribution in [0.15, 0.2) is 48.8 Å². The van der Waals surface area contributed by atoms with Gasteiger partial charge >= 0.3 is 0 Å². The zero-order valence-corrected chi connectivity index (χ0v) is 19.8. The second-order valence-corrected chi connectivity index (χ2v) is 8.86. The number of methoxy groups -OCH3 is 1. The fourth-order valence-electron chi connectivity index (χ4n) is 4.64. The number of carbonyl (C=O) groups is 1. The largest absolute Gasteiger partial charge is 0.496 e. The number of rotatable bonds is 8. The van der Waals surface area contributed by atoms with Gasteiger partial charge in [0.15, 0.2) is 0 Å². The van der Waals surface area contributed by atoms with E-state index in [1.807, 2.05) is 31.4 Å². The van der Waals surface area contributed by atoms with Gasteiger partial charge in [0.1, 0.15) is 5.75 Å². The third-order valence-corrected chi connectivity index (χ3v) is 6.39. The fraction of sp³-hybridized carbons (Fsp3) is 0.423. The van der Waals surface area contributed by atoms with Crippen molar-refractivity contribution in [3.63, 3.8) is 0 Å². The molecule has 0 unspecified atom stereocenters. The van der Waals surface area contributed by atoms with Gasteiger partial charge in [-0.05, 0) is 62.9 Å². The number of para-hydroxylation sites is 1. The number of hydrogen-bond donors (Lipinski definition) is 1. The van der Waals surface area contributed by atoms with E-state index in [4.69, 9.17) is 4.74 Å². The Morgan fingerprint density at radius 3 is 2.73 bits per heavy atom. The highest BCUT2D eigenvalue weighted by Crippen LogP contribution is 2.28. The minimum Gasteiger partial charge on any atom is -0.496 e. The molecule has 174 valence electrons. The molecule has 4 rings (SSSR count). The Balaban J connectivity index is 1.32. The molecule has 0 saturated carbocycles. The molecule has 3 heterocycles. The third-order valence-electron chi connectivity index (χ3n) is 6.39. The van der Waals surface area contributed by atoms with Gasteiger partial charge in [0.05, 0.1) is 30.6 Å². The number of nitrogens with zero attached hydrogens (tertiary/aromatic N) is 4. The molecule has 3 aromatic rings. The van der Waals surface area contributed by atoms with Gasteiger partial charge in [-0.15, -0.1) is 0 Å². The highest BCUT2D eigenvalue weighted by Gasteiger charge is 2.24. The lowest BCUT2D eigenvalue weighted by Crippen LogP contribution is -2.34. The first-order valence-electron chi connectivity index (χ1n) is 11.6. The van der Waals surface area contributed by atoms with Gasteiger partial charge in [-0.25, -0.2) is 0 Å². The fourth-order valence-corrected chi connectivity index (χ4v) is 4.64. The molecule has 0 bridgehead atoms. The number of benzene rings is 1. The van der Waals surface area contributed by atoms with Crippen LogP contribution in [0.1, 0.15) is 45.7 Å². The summed E-state index contributed by atoms with van der Waals surface area (Å²) >= 11 is 0. The predicted molar refractivity (Wildman–Crippen MR) is 128 cm³/mol. The Kier molecular flexibility index (Phi) is 7.40. The summed E-state index contributed by atoms with van der Waals surface area (Å²) in [7, 11) is 3.62. The van der Waals surface area contributed by atoms with Crippen molar-refractivity contribution >= 4 is 5.91 Å². The number of ether oxygens (including phenoxy) is 1. The number of amides is 1. The first-order valence-corrected chi connectivity index (χ1v) is 11.6. The second-order valence-electron chi connectivity index (χ2n) is 8.86. The van der Waals surface area contributed by atoms with E-state index in [9.17, 15) is 4.79 Å². The van der Waals surface area contributed by atoms with Crippen LogP contribution >= 0.6 is 0 Å². The number of hydrogen-bond acceptors (Lipinski definition) is 5. The maximum absolute atomic E-state index is 12.8. The van der Waals surface area contributed by atoms with E-state index in [1.54, 1.807) is 18.0 Å². The van der Waals surface area contributed by atoms with Crippen molar-refractivity contribution in [3.05, 3.63) is 76.9 Å². The van der Waals surface area contributed by atoms with Crippen LogP contribution < -0.4 is 10.1 Å². The lowest BCUT2D eigenvalue weighted by molar-refractivity contribution is 0.0948. The van der Waals surface area contributed by atoms with Crippen molar-refractivity contribution in [1.29, 1.82) is 0 Å². The smallest absolute Gasteiger partial charge is 0.255 e. The van der Waals surface area contributed by atoms with Crippen LogP contribution in [0.3, 0.4) is 0 Å². The highest BCUT2D eigenvalue weighted by molar-refractivity contribution is 5.95. The van der Waals surface area contributed by atoms with Gasteiger partial charge in [0.2, 0.25) is 0 Å². The summed E-state index contributed by atoms with van der Waals surface area (Å²) in [5.41, 5.74) is 4.81. The molecule has 0 radical (unpaired) electrons. The Hall–Kier alpha value is -3.19. The third kappa shape index (κ3) is 5.79. The Bertz CT molecular complexity index is 1070. The Morgan fingerprint density at radius 2 is 2.00 bits per heavy atom. The molecule has 33 heavy (non-hydrogen) atoms. The Morgan fingerprint density at radius 1 is 1.18 bits per heavy atom. The van der Waals surface area contributed by atoms with Crippen molar-refractivity contribution in [1.82, 2.24) is 25.0 Å². The monoisotopic (exact) mass is 447 g/mol. The molecule has 7 heteroatoms. The van der Waals surface area contributed by atoms with Crippen LogP contribution in [0.4, 0.5) is 0 Å². The highest BCUT2D eigenvalue weighted by atomic mass is 16.5. The maximum atomic E-state index is 12.8. The minimum absolute atomic E-state index is 0.0901. The zero-order chi connectivity index (χ0) is 23.2. The van der Waals surface area contributed by atoms with Gasteiger partial charge in [-0.1, -0.05) is 24.3 Å². The number of pyridine rings is 1. The van der Waals surface area contributed by atoms with Crippen molar-refractivity contribution in [3.8, 4) is 5.75 Å². The molecule has 1 aromatic carbocycles. The summed E-state index contributed by atoms with van der Waals surface area (Å²) in [5, 5.41) is 7.59. The molecule has 1 amide bonds. The molecule has 1 N–H and O–H groups in total. The SMILES string of the molecule is COc1c(C)cccc1CN1CCC(Cc2nn(C)cc2C(=O)NCc2ccccn2)CC1. The van der Waals surface area contributed by atoms with Crippen molar-refractivity contribution in [2.45, 2.75) is 39.3 Å². The normalized spacial score (nSPS) is 14.9. The standard InChI is InChI=1S/C26H33N5O2/c1-19-7-6-8-21(25(19)33-3)17-31-13-10-20(11-14-31)15-24-23(18-30(2)29-24)26(32)28-16-22-9-4-5-12-27-22/h4-9,12,18,20H,10-11,13-17H2,1-3H3,(H,28,32). The molecule has 2 aromatic heterocycles. The van der Waals surface area contributed by atoms with Crippen LogP contribution in [-0.2, 0) is 26.6 Å². The number of piperidine rings is 1. The second kappa shape index (κ2) is 10.6. The lowest BCUT2D eigenvalue weighted by Gasteiger charge is -2.32. The van der Waals surface area contributed by atoms with E-state index in [0.717, 1.165) is 56.0 Å². The van der Waals surface area contributed by atoms with Crippen LogP contribution in [-0.4, -0.2) is 45.8 Å². The average molecular weight is 448 g/mol. The van der Waals surface area contributed by atoms with Crippen LogP contribution in [0, 0.1) is 12.8 Å². The van der Waals surface area contributed by atoms with Crippen molar-refractivity contribution in [2.24, 2.45) is 13.0 Å². The first kappa shape index (κ1) is 23.0. The molecular weight excluding hydrogens is 414 g/mol. The molecule has 0 atom stereocenters. The number of carbonyl (C=O) groups excluding carboxylic acids is 1. The molecule has 1 aliphatic rings. The molecule has 1 saturated heterocycles. The van der Waals surface area contributed by atoms with Crippen LogP contribution in [0.5, 0.6) is 5.75 Å². The van der Waals surface area contributed by atoms with Gasteiger partial charge in [-0.3, -0.25) is 19.4 Å². The van der Waals surface area contributed by atoms with Crippen molar-refractivity contribution in [2.75, 3.05) is 20.2 Å². The summed E-state index contributed by atoms with van der Waals surface area (Å²) in [6.45, 7) is 5.48. The molecular formula is C26H33N5O2. The van der Waals surface area contributed by atoms with Gasteiger partial charge in [-0.2, -0.15) is 5.10 Å². The number of aromatic nitrogens is 3. The summed E-state index contributed by atoms with van der Waals surface area (Å²) in [5.74, 6) is 1.43. The summed E-state index contributed by atoms with van der Waals surface area (Å²) in [4.78, 5) is 19.6.